The van der Waals surface area contributed by atoms with E-state index in [1.807, 2.05) is 41.0 Å². The van der Waals surface area contributed by atoms with Gasteiger partial charge in [0.2, 0.25) is 0 Å². The summed E-state index contributed by atoms with van der Waals surface area (Å²) in [5.74, 6) is 0.333. The van der Waals surface area contributed by atoms with Gasteiger partial charge >= 0.3 is 5.51 Å². The smallest absolute Gasteiger partial charge is 0.348 e. The number of fused-ring (bicyclic) bond motifs is 1. The standard InChI is InChI=1S/C21H15F3N4OS/c22-21(23,24)30-16-8-6-15(7-9-16)20(29)26-12-14-5-10-19(25-11-14)28-13-27-17-3-1-2-4-18(17)28/h1-11,13H,12H2,(H,26,29). The number of nitrogens with zero attached hydrogens (tertiary/aromatic N) is 3. The fraction of sp³-hybridized carbons (Fsp3) is 0.0952. The summed E-state index contributed by atoms with van der Waals surface area (Å²) in [7, 11) is 0. The van der Waals surface area contributed by atoms with Crippen LogP contribution >= 0.6 is 11.8 Å². The molecule has 0 aliphatic rings. The molecule has 0 spiro atoms. The maximum absolute atomic E-state index is 12.4. The molecule has 4 rings (SSSR count). The fourth-order valence-corrected chi connectivity index (χ4v) is 3.44. The molecule has 152 valence electrons. The van der Waals surface area contributed by atoms with Crippen LogP contribution in [-0.4, -0.2) is 26.0 Å². The molecule has 0 atom stereocenters. The van der Waals surface area contributed by atoms with Gasteiger partial charge in [-0.3, -0.25) is 9.36 Å². The highest BCUT2D eigenvalue weighted by Crippen LogP contribution is 2.36. The van der Waals surface area contributed by atoms with E-state index in [1.165, 1.54) is 24.3 Å². The molecule has 0 aliphatic carbocycles. The zero-order valence-electron chi connectivity index (χ0n) is 15.4. The molecule has 2 aromatic carbocycles. The number of hydrogen-bond donors (Lipinski definition) is 1. The van der Waals surface area contributed by atoms with Gasteiger partial charge in [-0.2, -0.15) is 13.2 Å². The second-order valence-electron chi connectivity index (χ2n) is 6.38. The van der Waals surface area contributed by atoms with Crippen LogP contribution in [0.2, 0.25) is 0 Å². The van der Waals surface area contributed by atoms with Gasteiger partial charge in [-0.15, -0.1) is 0 Å². The predicted octanol–water partition coefficient (Wildman–Crippen LogP) is 4.96. The Hall–Kier alpha value is -3.33. The third-order valence-electron chi connectivity index (χ3n) is 4.31. The second-order valence-corrected chi connectivity index (χ2v) is 7.52. The Morgan fingerprint density at radius 3 is 2.47 bits per heavy atom. The third kappa shape index (κ3) is 4.62. The summed E-state index contributed by atoms with van der Waals surface area (Å²) in [6, 6.07) is 16.7. The van der Waals surface area contributed by atoms with Crippen molar-refractivity contribution in [3.63, 3.8) is 0 Å². The van der Waals surface area contributed by atoms with Crippen molar-refractivity contribution in [1.82, 2.24) is 19.9 Å². The first-order valence-electron chi connectivity index (χ1n) is 8.90. The van der Waals surface area contributed by atoms with Crippen LogP contribution in [0, 0.1) is 0 Å². The van der Waals surface area contributed by atoms with E-state index in [1.54, 1.807) is 12.5 Å². The van der Waals surface area contributed by atoms with Gasteiger partial charge in [-0.1, -0.05) is 18.2 Å². The van der Waals surface area contributed by atoms with Gasteiger partial charge in [-0.25, -0.2) is 9.97 Å². The summed E-state index contributed by atoms with van der Waals surface area (Å²) in [6.45, 7) is 0.246. The Kier molecular flexibility index (Phi) is 5.45. The molecule has 2 heterocycles. The van der Waals surface area contributed by atoms with Crippen molar-refractivity contribution < 1.29 is 18.0 Å². The van der Waals surface area contributed by atoms with Crippen molar-refractivity contribution in [3.05, 3.63) is 84.3 Å². The van der Waals surface area contributed by atoms with E-state index < -0.39 is 5.51 Å². The third-order valence-corrected chi connectivity index (χ3v) is 5.05. The SMILES string of the molecule is O=C(NCc1ccc(-n2cnc3ccccc32)nc1)c1ccc(SC(F)(F)F)cc1. The number of amides is 1. The van der Waals surface area contributed by atoms with Crippen molar-refractivity contribution in [2.24, 2.45) is 0 Å². The largest absolute Gasteiger partial charge is 0.446 e. The highest BCUT2D eigenvalue weighted by atomic mass is 32.2. The molecule has 2 aromatic heterocycles. The molecule has 0 radical (unpaired) electrons. The first-order chi connectivity index (χ1) is 14.4. The molecule has 0 unspecified atom stereocenters. The molecule has 1 amide bonds. The lowest BCUT2D eigenvalue weighted by Crippen LogP contribution is -2.22. The van der Waals surface area contributed by atoms with Crippen molar-refractivity contribution in [3.8, 4) is 5.82 Å². The van der Waals surface area contributed by atoms with Crippen molar-refractivity contribution in [1.29, 1.82) is 0 Å². The van der Waals surface area contributed by atoms with E-state index in [0.29, 0.717) is 5.82 Å². The van der Waals surface area contributed by atoms with Gasteiger partial charge < -0.3 is 5.32 Å². The Morgan fingerprint density at radius 2 is 1.77 bits per heavy atom. The minimum absolute atomic E-state index is 0.0332. The average Bonchev–Trinajstić information content (AvgIpc) is 3.16. The number of benzene rings is 2. The van der Waals surface area contributed by atoms with Gasteiger partial charge in [0, 0.05) is 23.2 Å². The minimum atomic E-state index is -4.36. The van der Waals surface area contributed by atoms with Crippen molar-refractivity contribution in [2.75, 3.05) is 0 Å². The van der Waals surface area contributed by atoms with Crippen LogP contribution in [0.25, 0.3) is 16.9 Å². The van der Waals surface area contributed by atoms with Crippen molar-refractivity contribution in [2.45, 2.75) is 16.9 Å². The lowest BCUT2D eigenvalue weighted by Gasteiger charge is -2.08. The maximum atomic E-state index is 12.4. The zero-order chi connectivity index (χ0) is 21.1. The number of thioether (sulfide) groups is 1. The lowest BCUT2D eigenvalue weighted by atomic mass is 10.2. The van der Waals surface area contributed by atoms with Crippen LogP contribution < -0.4 is 5.32 Å². The topological polar surface area (TPSA) is 59.8 Å². The van der Waals surface area contributed by atoms with E-state index in [9.17, 15) is 18.0 Å². The Morgan fingerprint density at radius 1 is 1.00 bits per heavy atom. The summed E-state index contributed by atoms with van der Waals surface area (Å²) in [5.41, 5.74) is -1.46. The first kappa shape index (κ1) is 20.0. The Labute approximate surface area is 174 Å². The molecular formula is C21H15F3N4OS. The lowest BCUT2D eigenvalue weighted by molar-refractivity contribution is -0.0328. The summed E-state index contributed by atoms with van der Waals surface area (Å²) in [5, 5.41) is 2.74. The molecule has 5 nitrogen and oxygen atoms in total. The maximum Gasteiger partial charge on any atom is 0.446 e. The van der Waals surface area contributed by atoms with Crippen molar-refractivity contribution >= 4 is 28.7 Å². The van der Waals surface area contributed by atoms with Crippen LogP contribution in [0.1, 0.15) is 15.9 Å². The summed E-state index contributed by atoms with van der Waals surface area (Å²) >= 11 is -0.214. The molecule has 0 bridgehead atoms. The Balaban J connectivity index is 1.39. The molecule has 4 aromatic rings. The van der Waals surface area contributed by atoms with Crippen LogP contribution in [0.15, 0.2) is 78.1 Å². The molecule has 0 fully saturated rings. The van der Waals surface area contributed by atoms with Crippen LogP contribution in [0.4, 0.5) is 13.2 Å². The number of alkyl halides is 3. The van der Waals surface area contributed by atoms with Crippen LogP contribution in [-0.2, 0) is 6.54 Å². The van der Waals surface area contributed by atoms with E-state index in [-0.39, 0.29) is 34.7 Å². The molecule has 0 aliphatic heterocycles. The van der Waals surface area contributed by atoms with Gasteiger partial charge in [0.15, 0.2) is 0 Å². The van der Waals surface area contributed by atoms with Gasteiger partial charge in [-0.05, 0) is 59.8 Å². The Bertz CT molecular complexity index is 1170. The quantitative estimate of drug-likeness (QED) is 0.457. The number of aromatic nitrogens is 3. The molecule has 0 saturated carbocycles. The summed E-state index contributed by atoms with van der Waals surface area (Å²) in [4.78, 5) is 21.0. The molecular weight excluding hydrogens is 413 g/mol. The molecule has 0 saturated heterocycles. The minimum Gasteiger partial charge on any atom is -0.348 e. The second kappa shape index (κ2) is 8.19. The predicted molar refractivity (Wildman–Crippen MR) is 108 cm³/mol. The first-order valence-corrected chi connectivity index (χ1v) is 9.72. The van der Waals surface area contributed by atoms with E-state index in [0.717, 1.165) is 16.6 Å². The summed E-state index contributed by atoms with van der Waals surface area (Å²) < 4.78 is 39.0. The fourth-order valence-electron chi connectivity index (χ4n) is 2.90. The monoisotopic (exact) mass is 428 g/mol. The zero-order valence-corrected chi connectivity index (χ0v) is 16.2. The number of carbonyl (C=O) groups excluding carboxylic acids is 1. The number of rotatable bonds is 5. The van der Waals surface area contributed by atoms with Gasteiger partial charge in [0.05, 0.1) is 11.0 Å². The highest BCUT2D eigenvalue weighted by molar-refractivity contribution is 8.00. The van der Waals surface area contributed by atoms with Gasteiger partial charge in [0.25, 0.3) is 5.91 Å². The van der Waals surface area contributed by atoms with Crippen LogP contribution in [0.5, 0.6) is 0 Å². The number of imidazole rings is 1. The summed E-state index contributed by atoms with van der Waals surface area (Å²) in [6.07, 6.45) is 3.36. The van der Waals surface area contributed by atoms with Crippen LogP contribution in [0.3, 0.4) is 0 Å². The molecule has 1 N–H and O–H groups in total. The normalized spacial score (nSPS) is 11.6. The van der Waals surface area contributed by atoms with E-state index in [2.05, 4.69) is 15.3 Å². The number of pyridine rings is 1. The van der Waals surface area contributed by atoms with E-state index in [4.69, 9.17) is 0 Å². The number of carbonyl (C=O) groups is 1. The molecule has 30 heavy (non-hydrogen) atoms. The highest BCUT2D eigenvalue weighted by Gasteiger charge is 2.29. The number of nitrogens with one attached hydrogen (secondary N) is 1. The van der Waals surface area contributed by atoms with Gasteiger partial charge in [0.1, 0.15) is 12.1 Å². The average molecular weight is 428 g/mol. The number of para-hydroxylation sites is 2. The van der Waals surface area contributed by atoms with E-state index >= 15 is 0 Å². The molecule has 9 heteroatoms. The number of hydrogen-bond acceptors (Lipinski definition) is 4. The number of halogens is 3.